The number of carbonyl (C=O) groups is 1. The summed E-state index contributed by atoms with van der Waals surface area (Å²) in [7, 11) is 0. The molecule has 1 amide bonds. The lowest BCUT2D eigenvalue weighted by Gasteiger charge is -2.26. The number of nitrogens with two attached hydrogens (primary N) is 1. The average molecular weight is 276 g/mol. The molecule has 3 N–H and O–H groups in total. The summed E-state index contributed by atoms with van der Waals surface area (Å²) in [5.41, 5.74) is 5.99. The molecule has 3 nitrogen and oxygen atoms in total. The lowest BCUT2D eigenvalue weighted by Crippen LogP contribution is -2.47. The summed E-state index contributed by atoms with van der Waals surface area (Å²) in [5, 5.41) is 2.93. The molecule has 1 rings (SSSR count). The van der Waals surface area contributed by atoms with Crippen molar-refractivity contribution in [2.45, 2.75) is 37.1 Å². The van der Waals surface area contributed by atoms with E-state index >= 15 is 0 Å². The van der Waals surface area contributed by atoms with Gasteiger partial charge in [-0.15, -0.1) is 18.2 Å². The molecule has 0 aliphatic carbocycles. The fourth-order valence-electron chi connectivity index (χ4n) is 1.73. The summed E-state index contributed by atoms with van der Waals surface area (Å²) < 4.78 is 0. The first-order valence-corrected chi connectivity index (χ1v) is 7.31. The molecule has 19 heavy (non-hydrogen) atoms. The van der Waals surface area contributed by atoms with Crippen LogP contribution in [0.4, 0.5) is 5.69 Å². The molecule has 4 heteroatoms. The molecular weight excluding hydrogens is 256 g/mol. The lowest BCUT2D eigenvalue weighted by atomic mass is 9.94. The Labute approximate surface area is 119 Å². The van der Waals surface area contributed by atoms with Crippen molar-refractivity contribution in [1.82, 2.24) is 5.32 Å². The molecule has 0 unspecified atom stereocenters. The third-order valence-corrected chi connectivity index (χ3v) is 4.23. The van der Waals surface area contributed by atoms with Crippen LogP contribution in [0.2, 0.25) is 0 Å². The number of amides is 1. The minimum Gasteiger partial charge on any atom is -0.398 e. The van der Waals surface area contributed by atoms with Gasteiger partial charge >= 0.3 is 0 Å². The Bertz CT molecular complexity index is 475. The number of para-hydroxylation sites is 1. The van der Waals surface area contributed by atoms with Crippen LogP contribution in [0.15, 0.2) is 29.2 Å². The Morgan fingerprint density at radius 2 is 2.05 bits per heavy atom. The van der Waals surface area contributed by atoms with Crippen LogP contribution in [0.25, 0.3) is 0 Å². The zero-order valence-electron chi connectivity index (χ0n) is 11.4. The Morgan fingerprint density at radius 1 is 1.42 bits per heavy atom. The maximum absolute atomic E-state index is 12.0. The van der Waals surface area contributed by atoms with Crippen molar-refractivity contribution in [3.05, 3.63) is 24.3 Å². The highest BCUT2D eigenvalue weighted by Gasteiger charge is 2.25. The van der Waals surface area contributed by atoms with Gasteiger partial charge in [0.1, 0.15) is 5.54 Å². The molecule has 0 saturated heterocycles. The molecule has 0 heterocycles. The molecule has 0 aliphatic rings. The summed E-state index contributed by atoms with van der Waals surface area (Å²) in [6.07, 6.45) is 6.97. The number of nitrogens with one attached hydrogen (secondary N) is 1. The van der Waals surface area contributed by atoms with Gasteiger partial charge in [0.15, 0.2) is 0 Å². The zero-order chi connectivity index (χ0) is 14.3. The third kappa shape index (κ3) is 4.22. The first kappa shape index (κ1) is 15.5. The normalized spacial score (nSPS) is 10.8. The fourth-order valence-corrected chi connectivity index (χ4v) is 2.49. The van der Waals surface area contributed by atoms with E-state index in [9.17, 15) is 4.79 Å². The van der Waals surface area contributed by atoms with E-state index in [4.69, 9.17) is 12.2 Å². The Kier molecular flexibility index (Phi) is 5.78. The smallest absolute Gasteiger partial charge is 0.231 e. The summed E-state index contributed by atoms with van der Waals surface area (Å²) in [5.74, 6) is 2.95. The number of hydrogen-bond donors (Lipinski definition) is 2. The van der Waals surface area contributed by atoms with Gasteiger partial charge in [-0.25, -0.2) is 0 Å². The van der Waals surface area contributed by atoms with Crippen LogP contribution in [0.5, 0.6) is 0 Å². The van der Waals surface area contributed by atoms with E-state index in [1.54, 1.807) is 0 Å². The highest BCUT2D eigenvalue weighted by Crippen LogP contribution is 2.24. The molecule has 0 radical (unpaired) electrons. The van der Waals surface area contributed by atoms with Crippen LogP contribution >= 0.6 is 11.8 Å². The van der Waals surface area contributed by atoms with Gasteiger partial charge in [0.2, 0.25) is 5.91 Å². The predicted octanol–water partition coefficient (Wildman–Crippen LogP) is 2.67. The van der Waals surface area contributed by atoms with Crippen LogP contribution in [0.3, 0.4) is 0 Å². The summed E-state index contributed by atoms with van der Waals surface area (Å²) in [4.78, 5) is 12.9. The van der Waals surface area contributed by atoms with E-state index < -0.39 is 5.54 Å². The summed E-state index contributed by atoms with van der Waals surface area (Å²) in [6.45, 7) is 3.96. The SMILES string of the molecule is C#CC(CC)(CC)NC(=O)CSc1ccccc1N. The van der Waals surface area contributed by atoms with Crippen molar-refractivity contribution < 1.29 is 4.79 Å². The topological polar surface area (TPSA) is 55.1 Å². The quantitative estimate of drug-likeness (QED) is 0.477. The minimum atomic E-state index is -0.528. The molecule has 0 saturated carbocycles. The minimum absolute atomic E-state index is 0.0603. The van der Waals surface area contributed by atoms with E-state index in [0.29, 0.717) is 11.4 Å². The number of rotatable bonds is 6. The molecule has 1 aromatic carbocycles. The van der Waals surface area contributed by atoms with Crippen molar-refractivity contribution in [2.24, 2.45) is 0 Å². The van der Waals surface area contributed by atoms with Gasteiger partial charge in [0.05, 0.1) is 5.75 Å². The first-order valence-electron chi connectivity index (χ1n) is 6.33. The molecule has 0 fully saturated rings. The Hall–Kier alpha value is -1.60. The van der Waals surface area contributed by atoms with Gasteiger partial charge in [-0.1, -0.05) is 31.9 Å². The van der Waals surface area contributed by atoms with Crippen LogP contribution in [-0.2, 0) is 4.79 Å². The molecule has 1 aromatic rings. The number of terminal acetylenes is 1. The maximum atomic E-state index is 12.0. The largest absolute Gasteiger partial charge is 0.398 e. The zero-order valence-corrected chi connectivity index (χ0v) is 12.2. The second-order valence-corrected chi connectivity index (χ2v) is 5.33. The molecule has 0 aliphatic heterocycles. The van der Waals surface area contributed by atoms with Gasteiger partial charge < -0.3 is 11.1 Å². The molecule has 0 atom stereocenters. The van der Waals surface area contributed by atoms with Crippen LogP contribution in [-0.4, -0.2) is 17.2 Å². The van der Waals surface area contributed by atoms with Crippen LogP contribution in [0.1, 0.15) is 26.7 Å². The van der Waals surface area contributed by atoms with Crippen molar-refractivity contribution in [2.75, 3.05) is 11.5 Å². The maximum Gasteiger partial charge on any atom is 0.231 e. The van der Waals surface area contributed by atoms with Crippen molar-refractivity contribution in [3.8, 4) is 12.3 Å². The number of carbonyl (C=O) groups excluding carboxylic acids is 1. The highest BCUT2D eigenvalue weighted by atomic mass is 32.2. The summed E-state index contributed by atoms with van der Waals surface area (Å²) in [6, 6.07) is 7.50. The van der Waals surface area contributed by atoms with Crippen molar-refractivity contribution in [1.29, 1.82) is 0 Å². The van der Waals surface area contributed by atoms with E-state index in [1.807, 2.05) is 38.1 Å². The molecular formula is C15H20N2OS. The van der Waals surface area contributed by atoms with Gasteiger partial charge in [-0.2, -0.15) is 0 Å². The van der Waals surface area contributed by atoms with Gasteiger partial charge in [-0.3, -0.25) is 4.79 Å². The van der Waals surface area contributed by atoms with E-state index in [1.165, 1.54) is 11.8 Å². The number of nitrogen functional groups attached to an aromatic ring is 1. The molecule has 102 valence electrons. The van der Waals surface area contributed by atoms with Crippen LogP contribution < -0.4 is 11.1 Å². The fraction of sp³-hybridized carbons (Fsp3) is 0.400. The van der Waals surface area contributed by atoms with E-state index in [-0.39, 0.29) is 5.91 Å². The first-order chi connectivity index (χ1) is 9.06. The van der Waals surface area contributed by atoms with Gasteiger partial charge in [-0.05, 0) is 25.0 Å². The molecule has 0 spiro atoms. The van der Waals surface area contributed by atoms with Crippen LogP contribution in [0, 0.1) is 12.3 Å². The number of benzene rings is 1. The Balaban J connectivity index is 2.58. The Morgan fingerprint density at radius 3 is 2.58 bits per heavy atom. The van der Waals surface area contributed by atoms with Gasteiger partial charge in [0, 0.05) is 10.6 Å². The standard InChI is InChI=1S/C15H20N2OS/c1-4-15(5-2,6-3)17-14(18)11-19-13-10-8-7-9-12(13)16/h1,7-10H,5-6,11,16H2,2-3H3,(H,17,18). The number of thioether (sulfide) groups is 1. The summed E-state index contributed by atoms with van der Waals surface area (Å²) >= 11 is 1.42. The third-order valence-electron chi connectivity index (χ3n) is 3.14. The van der Waals surface area contributed by atoms with Gasteiger partial charge in [0.25, 0.3) is 0 Å². The second-order valence-electron chi connectivity index (χ2n) is 4.31. The van der Waals surface area contributed by atoms with E-state index in [0.717, 1.165) is 17.7 Å². The predicted molar refractivity (Wildman–Crippen MR) is 81.9 cm³/mol. The molecule has 0 bridgehead atoms. The molecule has 0 aromatic heterocycles. The average Bonchev–Trinajstić information content (AvgIpc) is 2.44. The second kappa shape index (κ2) is 7.10. The number of hydrogen-bond acceptors (Lipinski definition) is 3. The number of anilines is 1. The highest BCUT2D eigenvalue weighted by molar-refractivity contribution is 8.00. The lowest BCUT2D eigenvalue weighted by molar-refractivity contribution is -0.119. The van der Waals surface area contributed by atoms with E-state index in [2.05, 4.69) is 11.2 Å². The van der Waals surface area contributed by atoms with Crippen molar-refractivity contribution >= 4 is 23.4 Å². The van der Waals surface area contributed by atoms with Crippen molar-refractivity contribution in [3.63, 3.8) is 0 Å². The monoisotopic (exact) mass is 276 g/mol.